The van der Waals surface area contributed by atoms with Gasteiger partial charge in [0.1, 0.15) is 17.5 Å². The van der Waals surface area contributed by atoms with Crippen LogP contribution < -0.4 is 14.8 Å². The number of ether oxygens (including phenoxy) is 2. The number of allylic oxidation sites excluding steroid dienone is 2. The summed E-state index contributed by atoms with van der Waals surface area (Å²) >= 11 is 0. The fraction of sp³-hybridized carbons (Fsp3) is 0.273. The summed E-state index contributed by atoms with van der Waals surface area (Å²) in [5, 5.41) is 15.4. The third kappa shape index (κ3) is 3.01. The Morgan fingerprint density at radius 3 is 2.57 bits per heavy atom. The number of tetrazole rings is 1. The molecule has 0 amide bonds. The lowest BCUT2D eigenvalue weighted by Gasteiger charge is -2.34. The Labute approximate surface area is 173 Å². The lowest BCUT2D eigenvalue weighted by Crippen LogP contribution is -2.33. The third-order valence-corrected chi connectivity index (χ3v) is 5.78. The van der Waals surface area contributed by atoms with Gasteiger partial charge in [0.25, 0.3) is 0 Å². The van der Waals surface area contributed by atoms with Crippen LogP contribution in [0.5, 0.6) is 11.5 Å². The molecule has 0 unspecified atom stereocenters. The molecule has 0 saturated heterocycles. The van der Waals surface area contributed by atoms with Gasteiger partial charge in [0.05, 0.1) is 14.2 Å². The van der Waals surface area contributed by atoms with E-state index < -0.39 is 0 Å². The molecule has 1 aliphatic heterocycles. The van der Waals surface area contributed by atoms with Gasteiger partial charge in [-0.2, -0.15) is 4.68 Å². The maximum absolute atomic E-state index is 13.4. The van der Waals surface area contributed by atoms with Gasteiger partial charge in [-0.25, -0.2) is 0 Å². The van der Waals surface area contributed by atoms with E-state index in [9.17, 15) is 4.79 Å². The molecule has 8 nitrogen and oxygen atoms in total. The molecule has 1 aromatic heterocycles. The normalized spacial score (nSPS) is 20.3. The van der Waals surface area contributed by atoms with E-state index in [1.54, 1.807) is 18.9 Å². The SMILES string of the molecule is COc1ccc([C@H]2CC(=O)C3=C(C2)Nc2nnnn2[C@H]3c2cccc(OC)c2)cc1. The molecular formula is C22H21N5O3. The topological polar surface area (TPSA) is 91.2 Å². The Bertz CT molecular complexity index is 1140. The van der Waals surface area contributed by atoms with Gasteiger partial charge in [0, 0.05) is 17.7 Å². The zero-order chi connectivity index (χ0) is 20.7. The van der Waals surface area contributed by atoms with E-state index in [4.69, 9.17) is 9.47 Å². The molecule has 0 radical (unpaired) electrons. The number of benzene rings is 2. The van der Waals surface area contributed by atoms with Crippen LogP contribution in [0.25, 0.3) is 0 Å². The van der Waals surface area contributed by atoms with Crippen LogP contribution in [-0.2, 0) is 4.79 Å². The molecule has 2 atom stereocenters. The van der Waals surface area contributed by atoms with E-state index >= 15 is 0 Å². The number of rotatable bonds is 4. The molecule has 0 spiro atoms. The quantitative estimate of drug-likeness (QED) is 0.716. The lowest BCUT2D eigenvalue weighted by molar-refractivity contribution is -0.116. The number of ketones is 1. The predicted molar refractivity (Wildman–Crippen MR) is 110 cm³/mol. The molecule has 0 saturated carbocycles. The van der Waals surface area contributed by atoms with Crippen LogP contribution in [0.3, 0.4) is 0 Å². The Balaban J connectivity index is 1.56. The summed E-state index contributed by atoms with van der Waals surface area (Å²) < 4.78 is 12.3. The second-order valence-corrected chi connectivity index (χ2v) is 7.44. The van der Waals surface area contributed by atoms with Crippen LogP contribution in [0.15, 0.2) is 59.8 Å². The zero-order valence-electron chi connectivity index (χ0n) is 16.7. The van der Waals surface area contributed by atoms with Crippen molar-refractivity contribution in [1.82, 2.24) is 20.2 Å². The summed E-state index contributed by atoms with van der Waals surface area (Å²) in [6.45, 7) is 0. The Hall–Kier alpha value is -3.68. The second kappa shape index (κ2) is 7.29. The maximum Gasteiger partial charge on any atom is 0.248 e. The average Bonchev–Trinajstić information content (AvgIpc) is 3.25. The van der Waals surface area contributed by atoms with Crippen molar-refractivity contribution < 1.29 is 14.3 Å². The van der Waals surface area contributed by atoms with Gasteiger partial charge in [-0.3, -0.25) is 4.79 Å². The molecule has 3 aromatic rings. The highest BCUT2D eigenvalue weighted by atomic mass is 16.5. The van der Waals surface area contributed by atoms with Crippen molar-refractivity contribution in [2.24, 2.45) is 0 Å². The van der Waals surface area contributed by atoms with Crippen molar-refractivity contribution in [3.05, 3.63) is 70.9 Å². The van der Waals surface area contributed by atoms with Crippen LogP contribution in [-0.4, -0.2) is 40.2 Å². The monoisotopic (exact) mass is 403 g/mol. The van der Waals surface area contributed by atoms with Crippen LogP contribution in [0.2, 0.25) is 0 Å². The van der Waals surface area contributed by atoms with Gasteiger partial charge in [-0.15, -0.1) is 0 Å². The first-order chi connectivity index (χ1) is 14.7. The highest BCUT2D eigenvalue weighted by Gasteiger charge is 2.39. The van der Waals surface area contributed by atoms with Crippen molar-refractivity contribution in [2.75, 3.05) is 19.5 Å². The summed E-state index contributed by atoms with van der Waals surface area (Å²) in [6.07, 6.45) is 1.14. The molecule has 2 heterocycles. The number of Topliss-reactive ketones (excluding diaryl/α,β-unsaturated/α-hetero) is 1. The number of nitrogens with one attached hydrogen (secondary N) is 1. The minimum absolute atomic E-state index is 0.0862. The van der Waals surface area contributed by atoms with Gasteiger partial charge in [0.15, 0.2) is 5.78 Å². The van der Waals surface area contributed by atoms with E-state index in [2.05, 4.69) is 20.8 Å². The summed E-state index contributed by atoms with van der Waals surface area (Å²) in [5.74, 6) is 2.24. The molecule has 1 N–H and O–H groups in total. The summed E-state index contributed by atoms with van der Waals surface area (Å²) in [6, 6.07) is 15.2. The molecular weight excluding hydrogens is 382 g/mol. The largest absolute Gasteiger partial charge is 0.497 e. The molecule has 2 aliphatic rings. The minimum atomic E-state index is -0.384. The fourth-order valence-electron chi connectivity index (χ4n) is 4.30. The number of fused-ring (bicyclic) bond motifs is 1. The summed E-state index contributed by atoms with van der Waals surface area (Å²) in [5.41, 5.74) is 3.61. The highest BCUT2D eigenvalue weighted by molar-refractivity contribution is 6.00. The number of anilines is 1. The number of hydrogen-bond donors (Lipinski definition) is 1. The van der Waals surface area contributed by atoms with Gasteiger partial charge in [0.2, 0.25) is 5.95 Å². The van der Waals surface area contributed by atoms with Crippen LogP contribution in [0.1, 0.15) is 35.9 Å². The first-order valence-corrected chi connectivity index (χ1v) is 9.77. The highest BCUT2D eigenvalue weighted by Crippen LogP contribution is 2.44. The van der Waals surface area contributed by atoms with Crippen LogP contribution in [0.4, 0.5) is 5.95 Å². The van der Waals surface area contributed by atoms with Gasteiger partial charge in [-0.1, -0.05) is 29.4 Å². The zero-order valence-corrected chi connectivity index (χ0v) is 16.7. The van der Waals surface area contributed by atoms with E-state index in [1.807, 2.05) is 48.5 Å². The molecule has 2 aromatic carbocycles. The second-order valence-electron chi connectivity index (χ2n) is 7.44. The number of methoxy groups -OCH3 is 2. The van der Waals surface area contributed by atoms with Gasteiger partial charge < -0.3 is 14.8 Å². The maximum atomic E-state index is 13.4. The Kier molecular flexibility index (Phi) is 4.46. The van der Waals surface area contributed by atoms with Crippen molar-refractivity contribution in [3.8, 4) is 11.5 Å². The smallest absolute Gasteiger partial charge is 0.248 e. The van der Waals surface area contributed by atoms with E-state index in [1.165, 1.54) is 0 Å². The first kappa shape index (κ1) is 18.4. The van der Waals surface area contributed by atoms with Crippen LogP contribution in [0, 0.1) is 0 Å². The standard InChI is InChI=1S/C22H21N5O3/c1-29-16-8-6-13(7-9-16)15-11-18-20(19(28)12-15)21(27-22(23-18)24-25-26-27)14-4-3-5-17(10-14)30-2/h3-10,15,21H,11-12H2,1-2H3,(H,23,24,26)/t15-,21+/m1/s1. The van der Waals surface area contributed by atoms with Crippen molar-refractivity contribution in [3.63, 3.8) is 0 Å². The Morgan fingerprint density at radius 1 is 1.00 bits per heavy atom. The molecule has 1 aliphatic carbocycles. The lowest BCUT2D eigenvalue weighted by atomic mass is 9.78. The van der Waals surface area contributed by atoms with Gasteiger partial charge in [-0.05, 0) is 58.2 Å². The summed E-state index contributed by atoms with van der Waals surface area (Å²) in [7, 11) is 3.27. The van der Waals surface area contributed by atoms with Gasteiger partial charge >= 0.3 is 0 Å². The van der Waals surface area contributed by atoms with E-state index in [0.29, 0.717) is 24.4 Å². The van der Waals surface area contributed by atoms with E-state index in [0.717, 1.165) is 28.3 Å². The summed E-state index contributed by atoms with van der Waals surface area (Å²) in [4.78, 5) is 13.4. The fourth-order valence-corrected chi connectivity index (χ4v) is 4.30. The van der Waals surface area contributed by atoms with Crippen LogP contribution >= 0.6 is 0 Å². The minimum Gasteiger partial charge on any atom is -0.497 e. The number of carbonyl (C=O) groups is 1. The number of hydrogen-bond acceptors (Lipinski definition) is 7. The average molecular weight is 403 g/mol. The van der Waals surface area contributed by atoms with Crippen molar-refractivity contribution in [2.45, 2.75) is 24.8 Å². The molecule has 0 bridgehead atoms. The van der Waals surface area contributed by atoms with Crippen molar-refractivity contribution >= 4 is 11.7 Å². The van der Waals surface area contributed by atoms with E-state index in [-0.39, 0.29) is 17.7 Å². The molecule has 152 valence electrons. The molecule has 5 rings (SSSR count). The molecule has 8 heteroatoms. The molecule has 0 fully saturated rings. The Morgan fingerprint density at radius 2 is 1.80 bits per heavy atom. The predicted octanol–water partition coefficient (Wildman–Crippen LogP) is 3.11. The first-order valence-electron chi connectivity index (χ1n) is 9.77. The number of nitrogens with zero attached hydrogens (tertiary/aromatic N) is 4. The van der Waals surface area contributed by atoms with Crippen molar-refractivity contribution in [1.29, 1.82) is 0 Å². The number of carbonyl (C=O) groups excluding carboxylic acids is 1. The molecule has 30 heavy (non-hydrogen) atoms. The number of aromatic nitrogens is 4. The third-order valence-electron chi connectivity index (χ3n) is 5.78.